The number of pyridine rings is 1. The van der Waals surface area contributed by atoms with Gasteiger partial charge in [-0.1, -0.05) is 11.6 Å². The van der Waals surface area contributed by atoms with Crippen LogP contribution in [0, 0.1) is 5.92 Å². The van der Waals surface area contributed by atoms with Crippen LogP contribution in [-0.4, -0.2) is 24.1 Å². The van der Waals surface area contributed by atoms with Crippen molar-refractivity contribution in [1.82, 2.24) is 4.98 Å². The van der Waals surface area contributed by atoms with Crippen molar-refractivity contribution >= 4 is 34.7 Å². The van der Waals surface area contributed by atoms with Gasteiger partial charge in [-0.3, -0.25) is 4.79 Å². The lowest BCUT2D eigenvalue weighted by molar-refractivity contribution is -0.137. The Morgan fingerprint density at radius 3 is 2.48 bits per heavy atom. The molecule has 1 aliphatic heterocycles. The minimum absolute atomic E-state index is 0.0895. The first-order valence-corrected chi connectivity index (χ1v) is 8.69. The smallest absolute Gasteiger partial charge is 0.381 e. The van der Waals surface area contributed by atoms with E-state index in [0.29, 0.717) is 37.6 Å². The van der Waals surface area contributed by atoms with Gasteiger partial charge in [0.25, 0.3) is 0 Å². The van der Waals surface area contributed by atoms with Crippen molar-refractivity contribution in [2.75, 3.05) is 23.8 Å². The van der Waals surface area contributed by atoms with E-state index in [1.807, 2.05) is 0 Å². The fourth-order valence-electron chi connectivity index (χ4n) is 2.71. The molecule has 1 fully saturated rings. The van der Waals surface area contributed by atoms with Crippen LogP contribution in [0.3, 0.4) is 0 Å². The number of alkyl halides is 3. The zero-order valence-corrected chi connectivity index (χ0v) is 14.9. The Morgan fingerprint density at radius 1 is 1.15 bits per heavy atom. The summed E-state index contributed by atoms with van der Waals surface area (Å²) >= 11 is 5.61. The maximum absolute atomic E-state index is 12.9. The van der Waals surface area contributed by atoms with Gasteiger partial charge in [0.05, 0.1) is 22.5 Å². The van der Waals surface area contributed by atoms with E-state index in [9.17, 15) is 18.0 Å². The molecule has 1 amide bonds. The SMILES string of the molecule is O=C(Nc1ccc(Nc2ccc(Cl)c(C(F)(F)F)c2)nc1)C1CCOCC1. The number of anilines is 3. The number of carbonyl (C=O) groups excluding carboxylic acids is 1. The van der Waals surface area contributed by atoms with E-state index in [1.165, 1.54) is 18.3 Å². The molecule has 0 radical (unpaired) electrons. The predicted octanol–water partition coefficient (Wildman–Crippen LogP) is 4.86. The van der Waals surface area contributed by atoms with Crippen molar-refractivity contribution in [2.24, 2.45) is 5.92 Å². The summed E-state index contributed by atoms with van der Waals surface area (Å²) in [7, 11) is 0. The van der Waals surface area contributed by atoms with Gasteiger partial charge in [0.1, 0.15) is 5.82 Å². The van der Waals surface area contributed by atoms with E-state index in [-0.39, 0.29) is 22.5 Å². The molecule has 0 atom stereocenters. The molecule has 9 heteroatoms. The van der Waals surface area contributed by atoms with Crippen LogP contribution in [0.1, 0.15) is 18.4 Å². The van der Waals surface area contributed by atoms with Crippen LogP contribution in [0.5, 0.6) is 0 Å². The van der Waals surface area contributed by atoms with Gasteiger partial charge >= 0.3 is 6.18 Å². The van der Waals surface area contributed by atoms with E-state index >= 15 is 0 Å². The first-order valence-electron chi connectivity index (χ1n) is 8.31. The minimum atomic E-state index is -4.54. The number of carbonyl (C=O) groups is 1. The highest BCUT2D eigenvalue weighted by atomic mass is 35.5. The lowest BCUT2D eigenvalue weighted by atomic mass is 9.99. The van der Waals surface area contributed by atoms with Crippen LogP contribution in [0.4, 0.5) is 30.4 Å². The molecule has 0 spiro atoms. The Kier molecular flexibility index (Phi) is 5.86. The molecule has 3 rings (SSSR count). The van der Waals surface area contributed by atoms with Crippen molar-refractivity contribution in [2.45, 2.75) is 19.0 Å². The van der Waals surface area contributed by atoms with E-state index in [2.05, 4.69) is 15.6 Å². The molecular weight excluding hydrogens is 383 g/mol. The summed E-state index contributed by atoms with van der Waals surface area (Å²) < 4.78 is 44.0. The summed E-state index contributed by atoms with van der Waals surface area (Å²) in [5.41, 5.74) is -0.197. The summed E-state index contributed by atoms with van der Waals surface area (Å²) in [4.78, 5) is 16.3. The Bertz CT molecular complexity index is 806. The second-order valence-electron chi connectivity index (χ2n) is 6.13. The standard InChI is InChI=1S/C18H17ClF3N3O2/c19-15-3-1-12(9-14(15)18(20,21)22)24-16-4-2-13(10-23-16)25-17(26)11-5-7-27-8-6-11/h1-4,9-11H,5-8H2,(H,23,24)(H,25,26). The average Bonchev–Trinajstić information content (AvgIpc) is 2.64. The number of nitrogens with zero attached hydrogens (tertiary/aromatic N) is 1. The second kappa shape index (κ2) is 8.14. The molecular formula is C18H17ClF3N3O2. The highest BCUT2D eigenvalue weighted by Crippen LogP contribution is 2.36. The van der Waals surface area contributed by atoms with Gasteiger partial charge in [0.2, 0.25) is 5.91 Å². The fraction of sp³-hybridized carbons (Fsp3) is 0.333. The third-order valence-corrected chi connectivity index (χ3v) is 4.50. The van der Waals surface area contributed by atoms with Gasteiger partial charge in [-0.05, 0) is 43.2 Å². The maximum atomic E-state index is 12.9. The van der Waals surface area contributed by atoms with Crippen molar-refractivity contribution in [3.05, 3.63) is 47.1 Å². The highest BCUT2D eigenvalue weighted by Gasteiger charge is 2.33. The molecule has 0 saturated carbocycles. The van der Waals surface area contributed by atoms with Gasteiger partial charge in [-0.15, -0.1) is 0 Å². The number of aromatic nitrogens is 1. The monoisotopic (exact) mass is 399 g/mol. The Balaban J connectivity index is 1.65. The van der Waals surface area contributed by atoms with Crippen LogP contribution in [0.25, 0.3) is 0 Å². The normalized spacial score (nSPS) is 15.4. The summed E-state index contributed by atoms with van der Waals surface area (Å²) in [6.45, 7) is 1.14. The van der Waals surface area contributed by atoms with Gasteiger partial charge in [-0.25, -0.2) is 4.98 Å². The lowest BCUT2D eigenvalue weighted by Gasteiger charge is -2.21. The molecule has 2 heterocycles. The first kappa shape index (κ1) is 19.4. The lowest BCUT2D eigenvalue weighted by Crippen LogP contribution is -2.28. The summed E-state index contributed by atoms with van der Waals surface area (Å²) in [6, 6.07) is 6.73. The maximum Gasteiger partial charge on any atom is 0.417 e. The summed E-state index contributed by atoms with van der Waals surface area (Å²) in [5, 5.41) is 5.21. The van der Waals surface area contributed by atoms with Crippen molar-refractivity contribution in [3.63, 3.8) is 0 Å². The van der Waals surface area contributed by atoms with Crippen molar-refractivity contribution in [3.8, 4) is 0 Å². The van der Waals surface area contributed by atoms with Gasteiger partial charge < -0.3 is 15.4 Å². The first-order chi connectivity index (χ1) is 12.8. The summed E-state index contributed by atoms with van der Waals surface area (Å²) in [5.74, 6) is 0.161. The molecule has 0 bridgehead atoms. The highest BCUT2D eigenvalue weighted by molar-refractivity contribution is 6.31. The Morgan fingerprint density at radius 2 is 1.85 bits per heavy atom. The van der Waals surface area contributed by atoms with Crippen molar-refractivity contribution < 1.29 is 22.7 Å². The molecule has 2 aromatic rings. The van der Waals surface area contributed by atoms with Crippen LogP contribution in [-0.2, 0) is 15.7 Å². The quantitative estimate of drug-likeness (QED) is 0.770. The Hall–Kier alpha value is -2.32. The molecule has 144 valence electrons. The van der Waals surface area contributed by atoms with Crippen LogP contribution < -0.4 is 10.6 Å². The molecule has 1 aromatic carbocycles. The molecule has 0 aliphatic carbocycles. The van der Waals surface area contributed by atoms with E-state index in [0.717, 1.165) is 6.07 Å². The second-order valence-corrected chi connectivity index (χ2v) is 6.53. The largest absolute Gasteiger partial charge is 0.417 e. The zero-order valence-electron chi connectivity index (χ0n) is 14.1. The topological polar surface area (TPSA) is 63.2 Å². The van der Waals surface area contributed by atoms with Gasteiger partial charge in [-0.2, -0.15) is 13.2 Å². The van der Waals surface area contributed by atoms with Gasteiger partial charge in [0.15, 0.2) is 0 Å². The third kappa shape index (κ3) is 5.11. The molecule has 1 saturated heterocycles. The number of amides is 1. The van der Waals surface area contributed by atoms with Crippen molar-refractivity contribution in [1.29, 1.82) is 0 Å². The third-order valence-electron chi connectivity index (χ3n) is 4.17. The number of nitrogens with one attached hydrogen (secondary N) is 2. The number of ether oxygens (including phenoxy) is 1. The number of rotatable bonds is 4. The predicted molar refractivity (Wildman–Crippen MR) is 96.1 cm³/mol. The van der Waals surface area contributed by atoms with E-state index < -0.39 is 11.7 Å². The fourth-order valence-corrected chi connectivity index (χ4v) is 2.94. The molecule has 2 N–H and O–H groups in total. The molecule has 0 unspecified atom stereocenters. The molecule has 27 heavy (non-hydrogen) atoms. The van der Waals surface area contributed by atoms with Crippen LogP contribution in [0.2, 0.25) is 5.02 Å². The van der Waals surface area contributed by atoms with E-state index in [4.69, 9.17) is 16.3 Å². The molecule has 5 nitrogen and oxygen atoms in total. The minimum Gasteiger partial charge on any atom is -0.381 e. The summed E-state index contributed by atoms with van der Waals surface area (Å²) in [6.07, 6.45) is -1.74. The number of halogens is 4. The number of hydrogen-bond donors (Lipinski definition) is 2. The number of benzene rings is 1. The molecule has 1 aliphatic rings. The number of hydrogen-bond acceptors (Lipinski definition) is 4. The van der Waals surface area contributed by atoms with Gasteiger partial charge in [0, 0.05) is 24.8 Å². The van der Waals surface area contributed by atoms with Crippen LogP contribution >= 0.6 is 11.6 Å². The van der Waals surface area contributed by atoms with E-state index in [1.54, 1.807) is 12.1 Å². The average molecular weight is 400 g/mol. The molecule has 1 aromatic heterocycles. The van der Waals surface area contributed by atoms with Crippen LogP contribution in [0.15, 0.2) is 36.5 Å². The zero-order chi connectivity index (χ0) is 19.4. The Labute approximate surface area is 158 Å².